The maximum atomic E-state index is 2.30. The van der Waals surface area contributed by atoms with Gasteiger partial charge in [0.1, 0.15) is 12.6 Å². The molecule has 0 aliphatic heterocycles. The Bertz CT molecular complexity index is 478. The molecule has 2 heterocycles. The molecule has 0 N–H and O–H groups in total. The lowest BCUT2D eigenvalue weighted by atomic mass is 10.0. The lowest BCUT2D eigenvalue weighted by Crippen LogP contribution is -2.35. The Morgan fingerprint density at radius 3 is 2.87 bits per heavy atom. The Hall–Kier alpha value is -1.31. The normalized spacial score (nSPS) is 17.7. The SMILES string of the molecule is C[n+]1ccn2cccc2c1C1CCCC1. The van der Waals surface area contributed by atoms with Gasteiger partial charge in [-0.3, -0.25) is 0 Å². The van der Waals surface area contributed by atoms with Crippen molar-refractivity contribution in [2.45, 2.75) is 31.6 Å². The van der Waals surface area contributed by atoms with Crippen LogP contribution in [0, 0.1) is 0 Å². The Labute approximate surface area is 90.2 Å². The molecular formula is C13H17N2+. The van der Waals surface area contributed by atoms with Gasteiger partial charge in [-0.1, -0.05) is 12.8 Å². The van der Waals surface area contributed by atoms with Crippen LogP contribution >= 0.6 is 0 Å². The van der Waals surface area contributed by atoms with Gasteiger partial charge < -0.3 is 4.40 Å². The first kappa shape index (κ1) is 8.96. The van der Waals surface area contributed by atoms with E-state index in [-0.39, 0.29) is 0 Å². The lowest BCUT2D eigenvalue weighted by Gasteiger charge is -2.08. The summed E-state index contributed by atoms with van der Waals surface area (Å²) in [5.74, 6) is 0.772. The van der Waals surface area contributed by atoms with Crippen molar-refractivity contribution in [1.82, 2.24) is 4.40 Å². The van der Waals surface area contributed by atoms with Crippen molar-refractivity contribution >= 4 is 5.52 Å². The number of aromatic nitrogens is 2. The molecule has 0 unspecified atom stereocenters. The van der Waals surface area contributed by atoms with E-state index < -0.39 is 0 Å². The lowest BCUT2D eigenvalue weighted by molar-refractivity contribution is -0.679. The average Bonchev–Trinajstić information content (AvgIpc) is 2.85. The van der Waals surface area contributed by atoms with E-state index in [2.05, 4.69) is 46.7 Å². The third-order valence-corrected chi connectivity index (χ3v) is 3.61. The maximum Gasteiger partial charge on any atom is 0.208 e. The van der Waals surface area contributed by atoms with E-state index in [1.807, 2.05) is 0 Å². The van der Waals surface area contributed by atoms with E-state index in [4.69, 9.17) is 0 Å². The summed E-state index contributed by atoms with van der Waals surface area (Å²) < 4.78 is 4.53. The van der Waals surface area contributed by atoms with Crippen LogP contribution in [-0.2, 0) is 7.05 Å². The molecule has 2 aromatic rings. The molecule has 1 saturated carbocycles. The van der Waals surface area contributed by atoms with Crippen LogP contribution in [0.3, 0.4) is 0 Å². The molecule has 1 fully saturated rings. The van der Waals surface area contributed by atoms with Crippen LogP contribution in [0.25, 0.3) is 5.52 Å². The summed E-state index contributed by atoms with van der Waals surface area (Å²) in [4.78, 5) is 0. The van der Waals surface area contributed by atoms with E-state index in [1.54, 1.807) is 0 Å². The summed E-state index contributed by atoms with van der Waals surface area (Å²) in [5.41, 5.74) is 2.90. The zero-order valence-electron chi connectivity index (χ0n) is 9.19. The molecular weight excluding hydrogens is 184 g/mol. The van der Waals surface area contributed by atoms with E-state index in [9.17, 15) is 0 Å². The second-order valence-electron chi connectivity index (χ2n) is 4.58. The largest absolute Gasteiger partial charge is 0.313 e. The first-order valence-electron chi connectivity index (χ1n) is 5.81. The van der Waals surface area contributed by atoms with Crippen molar-refractivity contribution in [2.24, 2.45) is 7.05 Å². The molecule has 0 saturated heterocycles. The molecule has 0 bridgehead atoms. The standard InChI is InChI=1S/C13H17N2/c1-14-9-10-15-8-4-7-12(15)13(14)11-5-2-3-6-11/h4,7-11H,2-3,5-6H2,1H3/q+1. The fourth-order valence-electron chi connectivity index (χ4n) is 2.87. The van der Waals surface area contributed by atoms with Gasteiger partial charge in [-0.15, -0.1) is 0 Å². The number of rotatable bonds is 1. The number of fused-ring (bicyclic) bond motifs is 1. The molecule has 1 aliphatic carbocycles. The molecule has 0 amide bonds. The summed E-state index contributed by atoms with van der Waals surface area (Å²) >= 11 is 0. The molecule has 3 rings (SSSR count). The molecule has 0 aromatic carbocycles. The molecule has 15 heavy (non-hydrogen) atoms. The number of nitrogens with zero attached hydrogens (tertiary/aromatic N) is 2. The molecule has 2 heteroatoms. The Morgan fingerprint density at radius 2 is 2.07 bits per heavy atom. The van der Waals surface area contributed by atoms with E-state index in [0.29, 0.717) is 0 Å². The maximum absolute atomic E-state index is 2.30. The van der Waals surface area contributed by atoms with Crippen LogP contribution in [0.2, 0.25) is 0 Å². The number of hydrogen-bond acceptors (Lipinski definition) is 0. The van der Waals surface area contributed by atoms with Gasteiger partial charge in [0.05, 0.1) is 6.20 Å². The van der Waals surface area contributed by atoms with Gasteiger partial charge in [0, 0.05) is 12.1 Å². The first-order chi connectivity index (χ1) is 7.36. The van der Waals surface area contributed by atoms with Crippen LogP contribution in [0.15, 0.2) is 30.7 Å². The monoisotopic (exact) mass is 201 g/mol. The molecule has 78 valence electrons. The molecule has 2 nitrogen and oxygen atoms in total. The molecule has 2 aromatic heterocycles. The quantitative estimate of drug-likeness (QED) is 0.626. The molecule has 0 spiro atoms. The van der Waals surface area contributed by atoms with Crippen LogP contribution in [0.4, 0.5) is 0 Å². The number of hydrogen-bond donors (Lipinski definition) is 0. The Kier molecular flexibility index (Phi) is 2.01. The van der Waals surface area contributed by atoms with Crippen molar-refractivity contribution in [2.75, 3.05) is 0 Å². The van der Waals surface area contributed by atoms with E-state index in [0.717, 1.165) is 5.92 Å². The van der Waals surface area contributed by atoms with Crippen LogP contribution in [0.5, 0.6) is 0 Å². The zero-order valence-corrected chi connectivity index (χ0v) is 9.19. The van der Waals surface area contributed by atoms with Crippen molar-refractivity contribution < 1.29 is 4.57 Å². The van der Waals surface area contributed by atoms with Crippen molar-refractivity contribution in [3.63, 3.8) is 0 Å². The second-order valence-corrected chi connectivity index (χ2v) is 4.58. The summed E-state index contributed by atoms with van der Waals surface area (Å²) in [6.45, 7) is 0. The van der Waals surface area contributed by atoms with E-state index in [1.165, 1.54) is 36.9 Å². The van der Waals surface area contributed by atoms with Crippen molar-refractivity contribution in [3.05, 3.63) is 36.4 Å². The Morgan fingerprint density at radius 1 is 1.27 bits per heavy atom. The minimum absolute atomic E-state index is 0.772. The van der Waals surface area contributed by atoms with Crippen LogP contribution in [0.1, 0.15) is 37.3 Å². The van der Waals surface area contributed by atoms with Crippen molar-refractivity contribution in [1.29, 1.82) is 0 Å². The van der Waals surface area contributed by atoms with E-state index >= 15 is 0 Å². The van der Waals surface area contributed by atoms with Gasteiger partial charge in [-0.25, -0.2) is 4.57 Å². The fraction of sp³-hybridized carbons (Fsp3) is 0.462. The van der Waals surface area contributed by atoms with Gasteiger partial charge in [0.15, 0.2) is 6.20 Å². The predicted octanol–water partition coefficient (Wildman–Crippen LogP) is 2.42. The average molecular weight is 201 g/mol. The third-order valence-electron chi connectivity index (χ3n) is 3.61. The van der Waals surface area contributed by atoms with Gasteiger partial charge in [-0.05, 0) is 25.0 Å². The predicted molar refractivity (Wildman–Crippen MR) is 59.8 cm³/mol. The highest BCUT2D eigenvalue weighted by Gasteiger charge is 2.26. The summed E-state index contributed by atoms with van der Waals surface area (Å²) in [6, 6.07) is 4.36. The minimum atomic E-state index is 0.772. The van der Waals surface area contributed by atoms with Crippen LogP contribution < -0.4 is 4.57 Å². The van der Waals surface area contributed by atoms with Gasteiger partial charge in [0.2, 0.25) is 5.69 Å². The van der Waals surface area contributed by atoms with Crippen LogP contribution in [-0.4, -0.2) is 4.40 Å². The van der Waals surface area contributed by atoms with Gasteiger partial charge in [-0.2, -0.15) is 0 Å². The van der Waals surface area contributed by atoms with Gasteiger partial charge in [0.25, 0.3) is 0 Å². The highest BCUT2D eigenvalue weighted by atomic mass is 15.0. The molecule has 1 aliphatic rings. The number of aryl methyl sites for hydroxylation is 1. The topological polar surface area (TPSA) is 8.29 Å². The zero-order chi connectivity index (χ0) is 10.3. The first-order valence-corrected chi connectivity index (χ1v) is 5.81. The fourth-order valence-corrected chi connectivity index (χ4v) is 2.87. The molecule has 0 atom stereocenters. The second kappa shape index (κ2) is 3.37. The Balaban J connectivity index is 2.21. The van der Waals surface area contributed by atoms with Crippen molar-refractivity contribution in [3.8, 4) is 0 Å². The molecule has 0 radical (unpaired) electrons. The summed E-state index contributed by atoms with van der Waals surface area (Å²) in [6.07, 6.45) is 11.9. The highest BCUT2D eigenvalue weighted by molar-refractivity contribution is 5.51. The summed E-state index contributed by atoms with van der Waals surface area (Å²) in [5, 5.41) is 0. The van der Waals surface area contributed by atoms with Gasteiger partial charge >= 0.3 is 0 Å². The third kappa shape index (κ3) is 1.36. The minimum Gasteiger partial charge on any atom is -0.313 e. The highest BCUT2D eigenvalue weighted by Crippen LogP contribution is 2.34. The summed E-state index contributed by atoms with van der Waals surface area (Å²) in [7, 11) is 2.17. The smallest absolute Gasteiger partial charge is 0.208 e.